The lowest BCUT2D eigenvalue weighted by atomic mass is 10.1. The van der Waals surface area contributed by atoms with Crippen LogP contribution in [0.25, 0.3) is 0 Å². The molecular formula is C14H15N3O3S. The molecule has 6 nitrogen and oxygen atoms in total. The van der Waals surface area contributed by atoms with Crippen molar-refractivity contribution < 1.29 is 14.3 Å². The maximum atomic E-state index is 12.1. The first-order valence-electron chi connectivity index (χ1n) is 6.45. The molecular weight excluding hydrogens is 290 g/mol. The Morgan fingerprint density at radius 3 is 2.76 bits per heavy atom. The summed E-state index contributed by atoms with van der Waals surface area (Å²) in [6, 6.07) is 7.27. The van der Waals surface area contributed by atoms with Gasteiger partial charge in [0.1, 0.15) is 5.01 Å². The van der Waals surface area contributed by atoms with Gasteiger partial charge < -0.3 is 4.74 Å². The summed E-state index contributed by atoms with van der Waals surface area (Å²) < 4.78 is 4.83. The van der Waals surface area contributed by atoms with Crippen LogP contribution in [-0.4, -0.2) is 28.7 Å². The summed E-state index contributed by atoms with van der Waals surface area (Å²) in [6.07, 6.45) is 0.0613. The number of nitrogens with one attached hydrogen (secondary N) is 1. The third-order valence-electron chi connectivity index (χ3n) is 2.68. The molecule has 0 aliphatic carbocycles. The van der Waals surface area contributed by atoms with Gasteiger partial charge in [-0.1, -0.05) is 29.5 Å². The zero-order chi connectivity index (χ0) is 15.2. The van der Waals surface area contributed by atoms with Crippen LogP contribution >= 0.6 is 11.3 Å². The number of rotatable bonds is 5. The van der Waals surface area contributed by atoms with Gasteiger partial charge in [-0.15, -0.1) is 10.2 Å². The third kappa shape index (κ3) is 4.09. The molecule has 110 valence electrons. The molecule has 7 heteroatoms. The first kappa shape index (κ1) is 15.1. The summed E-state index contributed by atoms with van der Waals surface area (Å²) in [6.45, 7) is 3.93. The number of carbonyl (C=O) groups is 2. The highest BCUT2D eigenvalue weighted by molar-refractivity contribution is 7.15. The largest absolute Gasteiger partial charge is 0.466 e. The lowest BCUT2D eigenvalue weighted by Gasteiger charge is -2.03. The Balaban J connectivity index is 2.01. The van der Waals surface area contributed by atoms with Gasteiger partial charge in [0.2, 0.25) is 5.13 Å². The van der Waals surface area contributed by atoms with E-state index >= 15 is 0 Å². The van der Waals surface area contributed by atoms with Crippen molar-refractivity contribution in [1.82, 2.24) is 10.2 Å². The molecule has 0 aliphatic rings. The Morgan fingerprint density at radius 1 is 1.29 bits per heavy atom. The second kappa shape index (κ2) is 6.94. The van der Waals surface area contributed by atoms with E-state index in [1.807, 2.05) is 19.1 Å². The van der Waals surface area contributed by atoms with E-state index in [9.17, 15) is 9.59 Å². The molecule has 1 aromatic carbocycles. The standard InChI is InChI=1S/C14H15N3O3S/c1-3-20-12(18)8-11-16-17-14(21-11)15-13(19)10-7-5-4-6-9(10)2/h4-7H,3,8H2,1-2H3,(H,15,17,19). The van der Waals surface area contributed by atoms with Gasteiger partial charge in [-0.25, -0.2) is 0 Å². The van der Waals surface area contributed by atoms with E-state index in [4.69, 9.17) is 4.74 Å². The first-order chi connectivity index (χ1) is 10.1. The van der Waals surface area contributed by atoms with E-state index in [-0.39, 0.29) is 18.3 Å². The summed E-state index contributed by atoms with van der Waals surface area (Å²) in [4.78, 5) is 23.4. The Labute approximate surface area is 126 Å². The fourth-order valence-corrected chi connectivity index (χ4v) is 2.42. The van der Waals surface area contributed by atoms with E-state index in [0.717, 1.165) is 16.9 Å². The predicted molar refractivity (Wildman–Crippen MR) is 79.4 cm³/mol. The summed E-state index contributed by atoms with van der Waals surface area (Å²) in [5, 5.41) is 11.3. The van der Waals surface area contributed by atoms with Crippen molar-refractivity contribution >= 4 is 28.3 Å². The molecule has 0 spiro atoms. The van der Waals surface area contributed by atoms with Gasteiger partial charge in [0.25, 0.3) is 5.91 Å². The number of aromatic nitrogens is 2. The maximum Gasteiger partial charge on any atom is 0.312 e. The van der Waals surface area contributed by atoms with E-state index < -0.39 is 0 Å². The number of esters is 1. The second-order valence-corrected chi connectivity index (χ2v) is 5.31. The highest BCUT2D eigenvalue weighted by Crippen LogP contribution is 2.18. The van der Waals surface area contributed by atoms with Crippen LogP contribution in [0, 0.1) is 6.92 Å². The Morgan fingerprint density at radius 2 is 2.05 bits per heavy atom. The summed E-state index contributed by atoms with van der Waals surface area (Å²) in [7, 11) is 0. The summed E-state index contributed by atoms with van der Waals surface area (Å²) in [5.41, 5.74) is 1.46. The van der Waals surface area contributed by atoms with Crippen LogP contribution < -0.4 is 5.32 Å². The van der Waals surface area contributed by atoms with Crippen LogP contribution in [0.5, 0.6) is 0 Å². The lowest BCUT2D eigenvalue weighted by molar-refractivity contribution is -0.142. The van der Waals surface area contributed by atoms with Gasteiger partial charge >= 0.3 is 5.97 Å². The average molecular weight is 305 g/mol. The van der Waals surface area contributed by atoms with Gasteiger partial charge in [0, 0.05) is 5.56 Å². The quantitative estimate of drug-likeness (QED) is 0.856. The molecule has 1 N–H and O–H groups in total. The molecule has 0 fully saturated rings. The van der Waals surface area contributed by atoms with Gasteiger partial charge in [0.15, 0.2) is 0 Å². The van der Waals surface area contributed by atoms with E-state index in [1.54, 1.807) is 19.1 Å². The fraction of sp³-hybridized carbons (Fsp3) is 0.286. The van der Waals surface area contributed by atoms with E-state index in [2.05, 4.69) is 15.5 Å². The Kier molecular flexibility index (Phi) is 4.99. The number of carbonyl (C=O) groups excluding carboxylic acids is 2. The first-order valence-corrected chi connectivity index (χ1v) is 7.26. The Bertz CT molecular complexity index is 654. The van der Waals surface area contributed by atoms with Crippen molar-refractivity contribution in [2.45, 2.75) is 20.3 Å². The van der Waals surface area contributed by atoms with Crippen LogP contribution in [-0.2, 0) is 16.0 Å². The van der Waals surface area contributed by atoms with Crippen LogP contribution in [0.3, 0.4) is 0 Å². The van der Waals surface area contributed by atoms with Crippen molar-refractivity contribution in [2.24, 2.45) is 0 Å². The number of nitrogens with zero attached hydrogens (tertiary/aromatic N) is 2. The predicted octanol–water partition coefficient (Wildman–Crippen LogP) is 2.20. The molecule has 1 amide bonds. The van der Waals surface area contributed by atoms with Crippen LogP contribution in [0.1, 0.15) is 27.9 Å². The van der Waals surface area contributed by atoms with Crippen LogP contribution in [0.4, 0.5) is 5.13 Å². The number of hydrogen-bond acceptors (Lipinski definition) is 6. The number of ether oxygens (including phenoxy) is 1. The van der Waals surface area contributed by atoms with Gasteiger partial charge in [-0.3, -0.25) is 14.9 Å². The molecule has 1 heterocycles. The average Bonchev–Trinajstić information content (AvgIpc) is 2.86. The highest BCUT2D eigenvalue weighted by atomic mass is 32.1. The highest BCUT2D eigenvalue weighted by Gasteiger charge is 2.13. The Hall–Kier alpha value is -2.28. The SMILES string of the molecule is CCOC(=O)Cc1nnc(NC(=O)c2ccccc2C)s1. The summed E-state index contributed by atoms with van der Waals surface area (Å²) in [5.74, 6) is -0.600. The second-order valence-electron chi connectivity index (χ2n) is 4.25. The fourth-order valence-electron chi connectivity index (χ4n) is 1.70. The molecule has 0 saturated carbocycles. The molecule has 2 rings (SSSR count). The zero-order valence-electron chi connectivity index (χ0n) is 11.8. The lowest BCUT2D eigenvalue weighted by Crippen LogP contribution is -2.12. The number of aryl methyl sites for hydroxylation is 1. The molecule has 0 aliphatic heterocycles. The molecule has 1 aromatic heterocycles. The van der Waals surface area contributed by atoms with Crippen molar-refractivity contribution in [3.05, 3.63) is 40.4 Å². The zero-order valence-corrected chi connectivity index (χ0v) is 12.6. The van der Waals surface area contributed by atoms with Crippen molar-refractivity contribution in [1.29, 1.82) is 0 Å². The molecule has 0 saturated heterocycles. The molecule has 0 atom stereocenters. The topological polar surface area (TPSA) is 81.2 Å². The normalized spacial score (nSPS) is 10.2. The van der Waals surface area contributed by atoms with Crippen LogP contribution in [0.2, 0.25) is 0 Å². The molecule has 0 radical (unpaired) electrons. The minimum Gasteiger partial charge on any atom is -0.466 e. The minimum atomic E-state index is -0.356. The number of hydrogen-bond donors (Lipinski definition) is 1. The monoisotopic (exact) mass is 305 g/mol. The van der Waals surface area contributed by atoms with Crippen LogP contribution in [0.15, 0.2) is 24.3 Å². The summed E-state index contributed by atoms with van der Waals surface area (Å²) >= 11 is 1.16. The van der Waals surface area contributed by atoms with Gasteiger partial charge in [-0.2, -0.15) is 0 Å². The van der Waals surface area contributed by atoms with E-state index in [0.29, 0.717) is 22.3 Å². The number of benzene rings is 1. The minimum absolute atomic E-state index is 0.0613. The van der Waals surface area contributed by atoms with Crippen molar-refractivity contribution in [3.63, 3.8) is 0 Å². The third-order valence-corrected chi connectivity index (χ3v) is 3.52. The number of amides is 1. The maximum absolute atomic E-state index is 12.1. The van der Waals surface area contributed by atoms with E-state index in [1.165, 1.54) is 0 Å². The molecule has 0 bridgehead atoms. The van der Waals surface area contributed by atoms with Crippen molar-refractivity contribution in [2.75, 3.05) is 11.9 Å². The molecule has 0 unspecified atom stereocenters. The van der Waals surface area contributed by atoms with Gasteiger partial charge in [0.05, 0.1) is 13.0 Å². The van der Waals surface area contributed by atoms with Gasteiger partial charge in [-0.05, 0) is 25.5 Å². The molecule has 2 aromatic rings. The van der Waals surface area contributed by atoms with Crippen molar-refractivity contribution in [3.8, 4) is 0 Å². The molecule has 21 heavy (non-hydrogen) atoms. The smallest absolute Gasteiger partial charge is 0.312 e. The number of anilines is 1.